The smallest absolute Gasteiger partial charge is 0.316 e. The highest BCUT2D eigenvalue weighted by molar-refractivity contribution is 7.99. The third kappa shape index (κ3) is 4.89. The van der Waals surface area contributed by atoms with Gasteiger partial charge in [-0.2, -0.15) is 9.97 Å². The van der Waals surface area contributed by atoms with Gasteiger partial charge in [-0.15, -0.1) is 10.2 Å². The third-order valence-electron chi connectivity index (χ3n) is 3.76. The number of anilines is 2. The van der Waals surface area contributed by atoms with Crippen LogP contribution in [0.4, 0.5) is 11.9 Å². The Labute approximate surface area is 167 Å². The highest BCUT2D eigenvalue weighted by atomic mass is 32.2. The summed E-state index contributed by atoms with van der Waals surface area (Å²) in [6, 6.07) is 7.88. The van der Waals surface area contributed by atoms with Gasteiger partial charge in [0, 0.05) is 13.1 Å². The summed E-state index contributed by atoms with van der Waals surface area (Å²) >= 11 is 1.24. The van der Waals surface area contributed by atoms with Crippen molar-refractivity contribution in [1.82, 2.24) is 24.6 Å². The maximum absolute atomic E-state index is 12.1. The number of carbonyl (C=O) groups is 1. The number of carbonyl (C=O) groups excluding carboxylic acids is 1. The second-order valence-electron chi connectivity index (χ2n) is 5.98. The normalized spacial score (nSPS) is 10.8. The van der Waals surface area contributed by atoms with E-state index >= 15 is 0 Å². The number of hydrogen-bond acceptors (Lipinski definition) is 9. The standard InChI is InChI=1S/C18H23N7O2S/c1-4-19-15-21-16(20-5-2)25-17(22-15)23-24-18(25)28-11-14(26)27-10-13-8-6-12(3)7-9-13/h6-9H,4-5,10-11H2,1-3H3,(H2,19,20,21,22,23). The predicted octanol–water partition coefficient (Wildman–Crippen LogP) is 2.53. The first-order valence-electron chi connectivity index (χ1n) is 9.05. The molecular weight excluding hydrogens is 378 g/mol. The largest absolute Gasteiger partial charge is 0.460 e. The average Bonchev–Trinajstić information content (AvgIpc) is 3.09. The molecule has 0 unspecified atom stereocenters. The number of aryl methyl sites for hydroxylation is 1. The Bertz CT molecular complexity index is 943. The van der Waals surface area contributed by atoms with E-state index in [1.807, 2.05) is 45.0 Å². The summed E-state index contributed by atoms with van der Waals surface area (Å²) in [5.74, 6) is 1.26. The third-order valence-corrected chi connectivity index (χ3v) is 4.66. The minimum absolute atomic E-state index is 0.118. The molecule has 0 spiro atoms. The van der Waals surface area contributed by atoms with Gasteiger partial charge in [0.25, 0.3) is 5.78 Å². The van der Waals surface area contributed by atoms with Crippen LogP contribution in [0, 0.1) is 6.92 Å². The van der Waals surface area contributed by atoms with E-state index in [0.29, 0.717) is 35.9 Å². The molecule has 9 nitrogen and oxygen atoms in total. The average molecular weight is 401 g/mol. The Hall–Kier alpha value is -2.88. The topological polar surface area (TPSA) is 106 Å². The van der Waals surface area contributed by atoms with Crippen LogP contribution in [0.3, 0.4) is 0 Å². The molecule has 1 aromatic carbocycles. The van der Waals surface area contributed by atoms with Crippen LogP contribution in [-0.4, -0.2) is 49.4 Å². The number of thioether (sulfide) groups is 1. The second-order valence-corrected chi connectivity index (χ2v) is 6.93. The minimum atomic E-state index is -0.322. The fourth-order valence-electron chi connectivity index (χ4n) is 2.41. The first-order valence-corrected chi connectivity index (χ1v) is 10.0. The van der Waals surface area contributed by atoms with Gasteiger partial charge in [0.05, 0.1) is 5.75 Å². The van der Waals surface area contributed by atoms with Gasteiger partial charge in [0.1, 0.15) is 6.61 Å². The van der Waals surface area contributed by atoms with Gasteiger partial charge in [0.2, 0.25) is 11.9 Å². The zero-order valence-corrected chi connectivity index (χ0v) is 16.9. The van der Waals surface area contributed by atoms with E-state index in [2.05, 4.69) is 30.8 Å². The molecular formula is C18H23N7O2S. The zero-order valence-electron chi connectivity index (χ0n) is 16.1. The Kier molecular flexibility index (Phi) is 6.64. The Morgan fingerprint density at radius 1 is 1.11 bits per heavy atom. The summed E-state index contributed by atoms with van der Waals surface area (Å²) < 4.78 is 7.03. The van der Waals surface area contributed by atoms with Crippen molar-refractivity contribution < 1.29 is 9.53 Å². The molecule has 0 aliphatic rings. The van der Waals surface area contributed by atoms with Crippen LogP contribution in [0.5, 0.6) is 0 Å². The quantitative estimate of drug-likeness (QED) is 0.413. The molecule has 2 N–H and O–H groups in total. The molecule has 3 aromatic rings. The first-order chi connectivity index (χ1) is 13.6. The number of rotatable bonds is 9. The van der Waals surface area contributed by atoms with Gasteiger partial charge in [0.15, 0.2) is 5.16 Å². The number of nitrogens with one attached hydrogen (secondary N) is 2. The van der Waals surface area contributed by atoms with Crippen molar-refractivity contribution in [3.63, 3.8) is 0 Å². The number of esters is 1. The Morgan fingerprint density at radius 3 is 2.57 bits per heavy atom. The summed E-state index contributed by atoms with van der Waals surface area (Å²) in [4.78, 5) is 20.9. The van der Waals surface area contributed by atoms with Gasteiger partial charge in [-0.3, -0.25) is 4.79 Å². The van der Waals surface area contributed by atoms with Gasteiger partial charge >= 0.3 is 5.97 Å². The fourth-order valence-corrected chi connectivity index (χ4v) is 3.14. The minimum Gasteiger partial charge on any atom is -0.460 e. The fraction of sp³-hybridized carbons (Fsp3) is 0.389. The van der Waals surface area contributed by atoms with Crippen molar-refractivity contribution in [1.29, 1.82) is 0 Å². The van der Waals surface area contributed by atoms with Crippen molar-refractivity contribution >= 4 is 35.4 Å². The van der Waals surface area contributed by atoms with E-state index in [1.165, 1.54) is 17.3 Å². The lowest BCUT2D eigenvalue weighted by molar-refractivity contribution is -0.141. The molecule has 10 heteroatoms. The molecule has 0 bridgehead atoms. The number of benzene rings is 1. The van der Waals surface area contributed by atoms with E-state index in [4.69, 9.17) is 4.74 Å². The van der Waals surface area contributed by atoms with E-state index in [-0.39, 0.29) is 18.3 Å². The summed E-state index contributed by atoms with van der Waals surface area (Å²) in [6.07, 6.45) is 0. The van der Waals surface area contributed by atoms with Crippen molar-refractivity contribution in [3.8, 4) is 0 Å². The van der Waals surface area contributed by atoms with Gasteiger partial charge in [-0.25, -0.2) is 4.40 Å². The molecule has 0 radical (unpaired) electrons. The lowest BCUT2D eigenvalue weighted by Gasteiger charge is -2.09. The first kappa shape index (κ1) is 19.9. The van der Waals surface area contributed by atoms with Crippen molar-refractivity contribution in [2.24, 2.45) is 0 Å². The number of fused-ring (bicyclic) bond motifs is 1. The zero-order chi connectivity index (χ0) is 19.9. The van der Waals surface area contributed by atoms with Crippen LogP contribution in [0.2, 0.25) is 0 Å². The van der Waals surface area contributed by atoms with E-state index in [1.54, 1.807) is 4.40 Å². The molecule has 2 heterocycles. The van der Waals surface area contributed by atoms with Crippen LogP contribution in [0.1, 0.15) is 25.0 Å². The summed E-state index contributed by atoms with van der Waals surface area (Å²) in [7, 11) is 0. The molecule has 148 valence electrons. The molecule has 3 rings (SSSR count). The molecule has 0 fully saturated rings. The molecule has 0 saturated carbocycles. The lowest BCUT2D eigenvalue weighted by atomic mass is 10.2. The van der Waals surface area contributed by atoms with E-state index in [0.717, 1.165) is 5.56 Å². The maximum Gasteiger partial charge on any atom is 0.316 e. The predicted molar refractivity (Wildman–Crippen MR) is 109 cm³/mol. The number of hydrogen-bond donors (Lipinski definition) is 2. The molecule has 0 saturated heterocycles. The van der Waals surface area contributed by atoms with Crippen molar-refractivity contribution in [2.45, 2.75) is 32.5 Å². The monoisotopic (exact) mass is 401 g/mol. The van der Waals surface area contributed by atoms with Crippen LogP contribution in [0.25, 0.3) is 5.78 Å². The summed E-state index contributed by atoms with van der Waals surface area (Å²) in [5.41, 5.74) is 2.12. The summed E-state index contributed by atoms with van der Waals surface area (Å²) in [5, 5.41) is 15.0. The molecule has 28 heavy (non-hydrogen) atoms. The number of aromatic nitrogens is 5. The molecule has 0 aliphatic carbocycles. The van der Waals surface area contributed by atoms with Crippen LogP contribution >= 0.6 is 11.8 Å². The van der Waals surface area contributed by atoms with E-state index in [9.17, 15) is 4.79 Å². The molecule has 0 aliphatic heterocycles. The van der Waals surface area contributed by atoms with Gasteiger partial charge in [-0.05, 0) is 26.3 Å². The van der Waals surface area contributed by atoms with Gasteiger partial charge < -0.3 is 15.4 Å². The van der Waals surface area contributed by atoms with Gasteiger partial charge in [-0.1, -0.05) is 41.6 Å². The number of nitrogens with zero attached hydrogens (tertiary/aromatic N) is 5. The second kappa shape index (κ2) is 9.36. The van der Waals surface area contributed by atoms with Crippen LogP contribution in [-0.2, 0) is 16.1 Å². The summed E-state index contributed by atoms with van der Waals surface area (Å²) in [6.45, 7) is 7.58. The number of ether oxygens (including phenoxy) is 1. The SMILES string of the molecule is CCNc1nc(NCC)n2c(SCC(=O)OCc3ccc(C)cc3)nnc2n1. The van der Waals surface area contributed by atoms with Crippen molar-refractivity contribution in [2.75, 3.05) is 29.5 Å². The highest BCUT2D eigenvalue weighted by Gasteiger charge is 2.16. The molecule has 0 amide bonds. The Balaban J connectivity index is 1.66. The lowest BCUT2D eigenvalue weighted by Crippen LogP contribution is -2.12. The molecule has 0 atom stereocenters. The van der Waals surface area contributed by atoms with Crippen LogP contribution < -0.4 is 10.6 Å². The van der Waals surface area contributed by atoms with Crippen molar-refractivity contribution in [3.05, 3.63) is 35.4 Å². The molecule has 2 aromatic heterocycles. The van der Waals surface area contributed by atoms with E-state index < -0.39 is 0 Å². The van der Waals surface area contributed by atoms with Crippen LogP contribution in [0.15, 0.2) is 29.4 Å². The highest BCUT2D eigenvalue weighted by Crippen LogP contribution is 2.21. The Morgan fingerprint density at radius 2 is 1.86 bits per heavy atom. The maximum atomic E-state index is 12.1.